The van der Waals surface area contributed by atoms with Crippen molar-refractivity contribution in [1.29, 1.82) is 0 Å². The molecule has 0 fully saturated rings. The summed E-state index contributed by atoms with van der Waals surface area (Å²) in [6.07, 6.45) is 0. The van der Waals surface area contributed by atoms with Crippen molar-refractivity contribution in [3.8, 4) is 16.2 Å². The van der Waals surface area contributed by atoms with E-state index in [1.54, 1.807) is 31.2 Å². The quantitative estimate of drug-likeness (QED) is 0.245. The summed E-state index contributed by atoms with van der Waals surface area (Å²) in [5.74, 6) is -0.890. The molecule has 0 spiro atoms. The molecule has 3 aromatic rings. The summed E-state index contributed by atoms with van der Waals surface area (Å²) < 4.78 is 0. The summed E-state index contributed by atoms with van der Waals surface area (Å²) >= 11 is 12.5. The van der Waals surface area contributed by atoms with Crippen LogP contribution in [-0.2, 0) is 0 Å². The average molecular weight is 446 g/mol. The van der Waals surface area contributed by atoms with Gasteiger partial charge in [0, 0.05) is 16.1 Å². The van der Waals surface area contributed by atoms with Gasteiger partial charge in [-0.3, -0.25) is 5.43 Å². The summed E-state index contributed by atoms with van der Waals surface area (Å²) in [6.45, 7) is 1.74. The van der Waals surface area contributed by atoms with Gasteiger partial charge in [-0.05, 0) is 55.0 Å². The highest BCUT2D eigenvalue weighted by molar-refractivity contribution is 7.80. The van der Waals surface area contributed by atoms with Crippen molar-refractivity contribution in [2.75, 3.05) is 5.32 Å². The lowest BCUT2D eigenvalue weighted by atomic mass is 10.1. The van der Waals surface area contributed by atoms with Crippen LogP contribution in [0.25, 0.3) is 10.4 Å². The van der Waals surface area contributed by atoms with E-state index in [-0.39, 0.29) is 16.4 Å². The van der Waals surface area contributed by atoms with Gasteiger partial charge in [0.25, 0.3) is 0 Å². The van der Waals surface area contributed by atoms with Gasteiger partial charge >= 0.3 is 5.97 Å². The maximum absolute atomic E-state index is 11.0. The average Bonchev–Trinajstić information content (AvgIpc) is 3.08. The van der Waals surface area contributed by atoms with Gasteiger partial charge in [-0.15, -0.1) is 11.3 Å². The summed E-state index contributed by atoms with van der Waals surface area (Å²) in [6, 6.07) is 13.5. The number of benzene rings is 2. The molecule has 0 saturated heterocycles. The molecule has 4 N–H and O–H groups in total. The zero-order valence-electron chi connectivity index (χ0n) is 15.1. The standard InChI is InChI=1S/C20H16ClN3O3S2/c1-11(16-10-29-18(17(16)25)12-5-7-14(21)8-6-12)23-24-20(28)22-15-4-2-3-13(9-15)19(26)27/h2-10,25H,1H3,(H,26,27)(H2,22,24,28)/b23-11+. The Morgan fingerprint density at radius 2 is 1.93 bits per heavy atom. The fourth-order valence-corrected chi connectivity index (χ4v) is 3.80. The first-order valence-corrected chi connectivity index (χ1v) is 10.0. The summed E-state index contributed by atoms with van der Waals surface area (Å²) in [4.78, 5) is 11.8. The molecule has 0 aliphatic rings. The molecule has 0 saturated carbocycles. The van der Waals surface area contributed by atoms with E-state index in [1.165, 1.54) is 23.5 Å². The molecule has 1 heterocycles. The number of nitrogens with zero attached hydrogens (tertiary/aromatic N) is 1. The van der Waals surface area contributed by atoms with Gasteiger partial charge in [0.15, 0.2) is 5.11 Å². The largest absolute Gasteiger partial charge is 0.506 e. The van der Waals surface area contributed by atoms with Crippen molar-refractivity contribution in [1.82, 2.24) is 5.43 Å². The van der Waals surface area contributed by atoms with Crippen LogP contribution >= 0.6 is 35.2 Å². The Bertz CT molecular complexity index is 1090. The molecule has 1 aromatic heterocycles. The van der Waals surface area contributed by atoms with Crippen LogP contribution < -0.4 is 10.7 Å². The molecule has 3 rings (SSSR count). The molecule has 0 unspecified atom stereocenters. The minimum absolute atomic E-state index is 0.133. The molecule has 6 nitrogen and oxygen atoms in total. The van der Waals surface area contributed by atoms with Crippen LogP contribution in [0.3, 0.4) is 0 Å². The SMILES string of the molecule is C/C(=N\NC(=S)Nc1cccc(C(=O)O)c1)c1csc(-c2ccc(Cl)cc2)c1O. The molecule has 0 amide bonds. The van der Waals surface area contributed by atoms with Gasteiger partial charge in [-0.2, -0.15) is 5.10 Å². The van der Waals surface area contributed by atoms with Crippen molar-refractivity contribution in [3.05, 3.63) is 70.1 Å². The Balaban J connectivity index is 1.70. The molecule has 2 aromatic carbocycles. The first-order chi connectivity index (χ1) is 13.8. The van der Waals surface area contributed by atoms with E-state index in [4.69, 9.17) is 28.9 Å². The van der Waals surface area contributed by atoms with E-state index in [9.17, 15) is 9.90 Å². The highest BCUT2D eigenvalue weighted by Gasteiger charge is 2.15. The van der Waals surface area contributed by atoms with Gasteiger partial charge < -0.3 is 15.5 Å². The van der Waals surface area contributed by atoms with Crippen molar-refractivity contribution >= 4 is 57.6 Å². The highest BCUT2D eigenvalue weighted by atomic mass is 35.5. The van der Waals surface area contributed by atoms with Crippen LogP contribution in [0.2, 0.25) is 5.02 Å². The van der Waals surface area contributed by atoms with E-state index < -0.39 is 5.97 Å². The molecule has 0 radical (unpaired) electrons. The second-order valence-electron chi connectivity index (χ2n) is 5.98. The summed E-state index contributed by atoms with van der Waals surface area (Å²) in [7, 11) is 0. The second kappa shape index (κ2) is 9.04. The van der Waals surface area contributed by atoms with E-state index in [0.717, 1.165) is 10.4 Å². The molecule has 0 atom stereocenters. The lowest BCUT2D eigenvalue weighted by molar-refractivity contribution is 0.0697. The third-order valence-corrected chi connectivity index (χ3v) is 5.42. The van der Waals surface area contributed by atoms with E-state index in [2.05, 4.69) is 15.8 Å². The first kappa shape index (κ1) is 20.8. The topological polar surface area (TPSA) is 94.0 Å². The molecule has 0 aliphatic heterocycles. The molecular formula is C20H16ClN3O3S2. The van der Waals surface area contributed by atoms with Crippen LogP contribution in [0.15, 0.2) is 59.0 Å². The minimum Gasteiger partial charge on any atom is -0.506 e. The zero-order chi connectivity index (χ0) is 21.0. The Morgan fingerprint density at radius 1 is 1.21 bits per heavy atom. The number of hydrazone groups is 1. The predicted molar refractivity (Wildman–Crippen MR) is 121 cm³/mol. The van der Waals surface area contributed by atoms with Gasteiger partial charge in [-0.25, -0.2) is 4.79 Å². The van der Waals surface area contributed by atoms with Crippen molar-refractivity contribution in [2.45, 2.75) is 6.92 Å². The number of aromatic carboxylic acids is 1. The molecule has 0 bridgehead atoms. The lowest BCUT2D eigenvalue weighted by Gasteiger charge is -2.08. The third-order valence-electron chi connectivity index (χ3n) is 3.95. The number of halogens is 1. The van der Waals surface area contributed by atoms with E-state index >= 15 is 0 Å². The normalized spacial score (nSPS) is 11.2. The number of rotatable bonds is 5. The van der Waals surface area contributed by atoms with Crippen LogP contribution in [0.1, 0.15) is 22.8 Å². The summed E-state index contributed by atoms with van der Waals surface area (Å²) in [5, 5.41) is 29.3. The van der Waals surface area contributed by atoms with Crippen LogP contribution in [-0.4, -0.2) is 27.0 Å². The van der Waals surface area contributed by atoms with E-state index in [1.807, 2.05) is 17.5 Å². The number of anilines is 1. The van der Waals surface area contributed by atoms with Gasteiger partial charge in [0.1, 0.15) is 5.75 Å². The minimum atomic E-state index is -1.02. The Kier molecular flexibility index (Phi) is 6.48. The zero-order valence-corrected chi connectivity index (χ0v) is 17.5. The maximum Gasteiger partial charge on any atom is 0.335 e. The number of carboxylic acids is 1. The van der Waals surface area contributed by atoms with Crippen LogP contribution in [0, 0.1) is 0 Å². The fraction of sp³-hybridized carbons (Fsp3) is 0.0500. The Morgan fingerprint density at radius 3 is 2.62 bits per heavy atom. The number of hydrogen-bond acceptors (Lipinski definition) is 5. The van der Waals surface area contributed by atoms with Crippen molar-refractivity contribution in [2.24, 2.45) is 5.10 Å². The first-order valence-electron chi connectivity index (χ1n) is 8.36. The van der Waals surface area contributed by atoms with Crippen molar-refractivity contribution < 1.29 is 15.0 Å². The second-order valence-corrected chi connectivity index (χ2v) is 7.71. The van der Waals surface area contributed by atoms with Gasteiger partial charge in [-0.1, -0.05) is 29.8 Å². The fourth-order valence-electron chi connectivity index (χ4n) is 2.50. The molecule has 29 heavy (non-hydrogen) atoms. The smallest absolute Gasteiger partial charge is 0.335 e. The number of aromatic hydroxyl groups is 1. The number of carboxylic acid groups (broad SMARTS) is 1. The number of carbonyl (C=O) groups is 1. The maximum atomic E-state index is 11.0. The summed E-state index contributed by atoms with van der Waals surface area (Å²) in [5.41, 5.74) is 5.36. The third kappa shape index (κ3) is 5.11. The number of thiocarbonyl (C=S) groups is 1. The number of thiophene rings is 1. The number of hydrogen-bond donors (Lipinski definition) is 4. The predicted octanol–water partition coefficient (Wildman–Crippen LogP) is 5.18. The number of nitrogens with one attached hydrogen (secondary N) is 2. The monoisotopic (exact) mass is 445 g/mol. The lowest BCUT2D eigenvalue weighted by Crippen LogP contribution is -2.25. The Hall–Kier alpha value is -2.94. The van der Waals surface area contributed by atoms with Crippen LogP contribution in [0.5, 0.6) is 5.75 Å². The Labute approximate surface area is 181 Å². The van der Waals surface area contributed by atoms with E-state index in [0.29, 0.717) is 22.0 Å². The van der Waals surface area contributed by atoms with Gasteiger partial charge in [0.05, 0.1) is 21.7 Å². The molecular weight excluding hydrogens is 430 g/mol. The molecule has 148 valence electrons. The van der Waals surface area contributed by atoms with Gasteiger partial charge in [0.2, 0.25) is 0 Å². The molecule has 0 aliphatic carbocycles. The van der Waals surface area contributed by atoms with Crippen molar-refractivity contribution in [3.63, 3.8) is 0 Å². The van der Waals surface area contributed by atoms with Crippen LogP contribution in [0.4, 0.5) is 5.69 Å². The molecule has 9 heteroatoms. The highest BCUT2D eigenvalue weighted by Crippen LogP contribution is 2.38.